The molecule has 1 aromatic heterocycles. The first kappa shape index (κ1) is 18.8. The number of benzene rings is 1. The molecule has 8 heteroatoms. The first-order valence-electron chi connectivity index (χ1n) is 8.88. The van der Waals surface area contributed by atoms with Crippen LogP contribution in [-0.4, -0.2) is 66.6 Å². The number of nitrogens with one attached hydrogen (secondary N) is 1. The van der Waals surface area contributed by atoms with Crippen LogP contribution in [0.1, 0.15) is 16.8 Å². The van der Waals surface area contributed by atoms with Crippen molar-refractivity contribution in [3.63, 3.8) is 0 Å². The van der Waals surface area contributed by atoms with Crippen LogP contribution in [0.5, 0.6) is 0 Å². The number of hydrogen-bond donors (Lipinski definition) is 1. The molecule has 2 heterocycles. The molecule has 1 amide bonds. The SMILES string of the molecule is COC(=O)c1ccc(NC(=O)CCN2CCN(c3ncccn3)CC2)cc1. The number of methoxy groups -OCH3 is 1. The molecule has 0 bridgehead atoms. The number of hydrogen-bond acceptors (Lipinski definition) is 7. The van der Waals surface area contributed by atoms with E-state index in [1.54, 1.807) is 42.7 Å². The van der Waals surface area contributed by atoms with Crippen LogP contribution >= 0.6 is 0 Å². The molecule has 1 N–H and O–H groups in total. The molecule has 27 heavy (non-hydrogen) atoms. The largest absolute Gasteiger partial charge is 0.465 e. The highest BCUT2D eigenvalue weighted by atomic mass is 16.5. The highest BCUT2D eigenvalue weighted by Crippen LogP contribution is 2.12. The monoisotopic (exact) mass is 369 g/mol. The molecule has 1 aliphatic rings. The summed E-state index contributed by atoms with van der Waals surface area (Å²) in [5.41, 5.74) is 1.12. The Kier molecular flexibility index (Phi) is 6.32. The van der Waals surface area contributed by atoms with E-state index >= 15 is 0 Å². The van der Waals surface area contributed by atoms with E-state index in [-0.39, 0.29) is 5.91 Å². The van der Waals surface area contributed by atoms with Crippen LogP contribution in [0.4, 0.5) is 11.6 Å². The Morgan fingerprint density at radius 3 is 2.37 bits per heavy atom. The van der Waals surface area contributed by atoms with Crippen molar-refractivity contribution in [3.8, 4) is 0 Å². The van der Waals surface area contributed by atoms with Crippen LogP contribution in [-0.2, 0) is 9.53 Å². The van der Waals surface area contributed by atoms with Gasteiger partial charge in [-0.05, 0) is 30.3 Å². The summed E-state index contributed by atoms with van der Waals surface area (Å²) < 4.78 is 4.66. The Bertz CT molecular complexity index is 759. The average Bonchev–Trinajstić information content (AvgIpc) is 2.73. The maximum Gasteiger partial charge on any atom is 0.337 e. The van der Waals surface area contributed by atoms with Crippen molar-refractivity contribution in [2.24, 2.45) is 0 Å². The number of nitrogens with zero attached hydrogens (tertiary/aromatic N) is 4. The van der Waals surface area contributed by atoms with Crippen molar-refractivity contribution in [2.45, 2.75) is 6.42 Å². The third-order valence-electron chi connectivity index (χ3n) is 4.45. The number of rotatable bonds is 6. The fourth-order valence-electron chi connectivity index (χ4n) is 2.92. The van der Waals surface area contributed by atoms with Gasteiger partial charge in [-0.2, -0.15) is 0 Å². The zero-order valence-electron chi connectivity index (χ0n) is 15.3. The highest BCUT2D eigenvalue weighted by Gasteiger charge is 2.19. The zero-order valence-corrected chi connectivity index (χ0v) is 15.3. The first-order valence-corrected chi connectivity index (χ1v) is 8.88. The van der Waals surface area contributed by atoms with Gasteiger partial charge in [-0.1, -0.05) is 0 Å². The van der Waals surface area contributed by atoms with E-state index in [9.17, 15) is 9.59 Å². The van der Waals surface area contributed by atoms with Crippen molar-refractivity contribution in [3.05, 3.63) is 48.3 Å². The van der Waals surface area contributed by atoms with Crippen LogP contribution in [0.2, 0.25) is 0 Å². The maximum absolute atomic E-state index is 12.2. The molecule has 1 fully saturated rings. The molecule has 1 aliphatic heterocycles. The van der Waals surface area contributed by atoms with E-state index in [1.807, 2.05) is 0 Å². The summed E-state index contributed by atoms with van der Waals surface area (Å²) in [6.07, 6.45) is 3.91. The minimum atomic E-state index is -0.395. The standard InChI is InChI=1S/C19H23N5O3/c1-27-18(26)15-3-5-16(6-4-15)22-17(25)7-10-23-11-13-24(14-12-23)19-20-8-2-9-21-19/h2-6,8-9H,7,10-14H2,1H3,(H,22,25). The second-order valence-electron chi connectivity index (χ2n) is 6.24. The minimum absolute atomic E-state index is 0.0466. The molecule has 2 aromatic rings. The molecule has 3 rings (SSSR count). The zero-order chi connectivity index (χ0) is 19.1. The third kappa shape index (κ3) is 5.24. The van der Waals surface area contributed by atoms with Gasteiger partial charge in [-0.3, -0.25) is 9.69 Å². The molecule has 0 unspecified atom stereocenters. The Hall–Kier alpha value is -3.00. The number of anilines is 2. The van der Waals surface area contributed by atoms with Crippen LogP contribution in [0.3, 0.4) is 0 Å². The lowest BCUT2D eigenvalue weighted by Gasteiger charge is -2.34. The van der Waals surface area contributed by atoms with Gasteiger partial charge in [-0.15, -0.1) is 0 Å². The van der Waals surface area contributed by atoms with Gasteiger partial charge >= 0.3 is 5.97 Å². The van der Waals surface area contributed by atoms with Gasteiger partial charge in [0.1, 0.15) is 0 Å². The second kappa shape index (κ2) is 9.09. The molecule has 1 aromatic carbocycles. The predicted octanol–water partition coefficient (Wildman–Crippen LogP) is 1.41. The van der Waals surface area contributed by atoms with Gasteiger partial charge < -0.3 is 15.0 Å². The van der Waals surface area contributed by atoms with Gasteiger partial charge in [0, 0.05) is 57.2 Å². The first-order chi connectivity index (χ1) is 13.2. The van der Waals surface area contributed by atoms with E-state index in [1.165, 1.54) is 7.11 Å². The molecule has 8 nitrogen and oxygen atoms in total. The Morgan fingerprint density at radius 2 is 1.74 bits per heavy atom. The number of amides is 1. The van der Waals surface area contributed by atoms with Crippen LogP contribution in [0.15, 0.2) is 42.7 Å². The van der Waals surface area contributed by atoms with E-state index in [4.69, 9.17) is 0 Å². The number of aromatic nitrogens is 2. The summed E-state index contributed by atoms with van der Waals surface area (Å²) >= 11 is 0. The van der Waals surface area contributed by atoms with E-state index in [0.29, 0.717) is 24.2 Å². The molecular formula is C19H23N5O3. The minimum Gasteiger partial charge on any atom is -0.465 e. The fourth-order valence-corrected chi connectivity index (χ4v) is 2.92. The Labute approximate surface area is 158 Å². The Morgan fingerprint density at radius 1 is 1.07 bits per heavy atom. The lowest BCUT2D eigenvalue weighted by molar-refractivity contribution is -0.116. The van der Waals surface area contributed by atoms with Crippen LogP contribution in [0, 0.1) is 0 Å². The third-order valence-corrected chi connectivity index (χ3v) is 4.45. The number of carbonyl (C=O) groups is 2. The van der Waals surface area contributed by atoms with Gasteiger partial charge in [0.15, 0.2) is 0 Å². The summed E-state index contributed by atoms with van der Waals surface area (Å²) in [6, 6.07) is 8.46. The molecule has 0 aliphatic carbocycles. The van der Waals surface area contributed by atoms with Crippen molar-refractivity contribution in [1.29, 1.82) is 0 Å². The summed E-state index contributed by atoms with van der Waals surface area (Å²) in [4.78, 5) is 36.5. The van der Waals surface area contributed by atoms with Crippen molar-refractivity contribution < 1.29 is 14.3 Å². The van der Waals surface area contributed by atoms with Crippen molar-refractivity contribution in [2.75, 3.05) is 50.1 Å². The van der Waals surface area contributed by atoms with Gasteiger partial charge in [-0.25, -0.2) is 14.8 Å². The predicted molar refractivity (Wildman–Crippen MR) is 102 cm³/mol. The molecule has 0 radical (unpaired) electrons. The van der Waals surface area contributed by atoms with Gasteiger partial charge in [0.05, 0.1) is 12.7 Å². The lowest BCUT2D eigenvalue weighted by atomic mass is 10.2. The van der Waals surface area contributed by atoms with Gasteiger partial charge in [0.2, 0.25) is 11.9 Å². The second-order valence-corrected chi connectivity index (χ2v) is 6.24. The highest BCUT2D eigenvalue weighted by molar-refractivity contribution is 5.93. The van der Waals surface area contributed by atoms with E-state index in [0.717, 1.165) is 32.1 Å². The number of piperazine rings is 1. The lowest BCUT2D eigenvalue weighted by Crippen LogP contribution is -2.47. The normalized spacial score (nSPS) is 14.6. The molecular weight excluding hydrogens is 346 g/mol. The molecule has 1 saturated heterocycles. The summed E-state index contributed by atoms with van der Waals surface area (Å²) in [7, 11) is 1.34. The van der Waals surface area contributed by atoms with Crippen molar-refractivity contribution in [1.82, 2.24) is 14.9 Å². The Balaban J connectivity index is 1.40. The maximum atomic E-state index is 12.2. The van der Waals surface area contributed by atoms with E-state index in [2.05, 4.69) is 29.8 Å². The smallest absolute Gasteiger partial charge is 0.337 e. The van der Waals surface area contributed by atoms with Gasteiger partial charge in [0.25, 0.3) is 0 Å². The quantitative estimate of drug-likeness (QED) is 0.771. The fraction of sp³-hybridized carbons (Fsp3) is 0.368. The van der Waals surface area contributed by atoms with Crippen LogP contribution in [0.25, 0.3) is 0 Å². The summed E-state index contributed by atoms with van der Waals surface area (Å²) in [6.45, 7) is 4.15. The number of esters is 1. The van der Waals surface area contributed by atoms with Crippen LogP contribution < -0.4 is 10.2 Å². The number of carbonyl (C=O) groups excluding carboxylic acids is 2. The summed E-state index contributed by atoms with van der Waals surface area (Å²) in [5.74, 6) is 0.313. The molecule has 0 atom stereocenters. The molecule has 0 spiro atoms. The summed E-state index contributed by atoms with van der Waals surface area (Å²) in [5, 5.41) is 2.85. The van der Waals surface area contributed by atoms with E-state index < -0.39 is 5.97 Å². The number of ether oxygens (including phenoxy) is 1. The molecule has 142 valence electrons. The average molecular weight is 369 g/mol. The van der Waals surface area contributed by atoms with Crippen molar-refractivity contribution >= 4 is 23.5 Å². The molecule has 0 saturated carbocycles. The topological polar surface area (TPSA) is 87.7 Å².